The number of nitrogens with zero attached hydrogens (tertiary/aromatic N) is 1. The Kier molecular flexibility index (Phi) is 6.50. The van der Waals surface area contributed by atoms with E-state index in [4.69, 9.17) is 16.3 Å². The van der Waals surface area contributed by atoms with Gasteiger partial charge in [-0.2, -0.15) is 0 Å². The summed E-state index contributed by atoms with van der Waals surface area (Å²) in [7, 11) is 1.42. The molecule has 0 saturated carbocycles. The number of ether oxygens (including phenoxy) is 1. The topological polar surface area (TPSA) is 29.5 Å². The van der Waals surface area contributed by atoms with Gasteiger partial charge < -0.3 is 6.16 Å². The maximum absolute atomic E-state index is 12.3. The summed E-state index contributed by atoms with van der Waals surface area (Å²) >= 11 is 8.07. The number of halogens is 1. The van der Waals surface area contributed by atoms with E-state index in [9.17, 15) is 4.79 Å². The van der Waals surface area contributed by atoms with Crippen LogP contribution in [0.2, 0.25) is 5.02 Å². The Morgan fingerprint density at radius 3 is 2.91 bits per heavy atom. The third-order valence-corrected chi connectivity index (χ3v) is 5.19. The Morgan fingerprint density at radius 1 is 1.41 bits per heavy atom. The van der Waals surface area contributed by atoms with Crippen LogP contribution < -0.4 is 29.6 Å². The summed E-state index contributed by atoms with van der Waals surface area (Å²) < 4.78 is 5.01. The van der Waals surface area contributed by atoms with Crippen LogP contribution in [0.4, 0.5) is 0 Å². The quantitative estimate of drug-likeness (QED) is 0.608. The van der Waals surface area contributed by atoms with E-state index in [0.717, 1.165) is 25.1 Å². The van der Waals surface area contributed by atoms with Crippen LogP contribution in [-0.4, -0.2) is 24.5 Å². The van der Waals surface area contributed by atoms with E-state index in [-0.39, 0.29) is 37.0 Å². The maximum atomic E-state index is 12.3. The van der Waals surface area contributed by atoms with Gasteiger partial charge in [0.1, 0.15) is 6.04 Å². The van der Waals surface area contributed by atoms with Crippen molar-refractivity contribution in [1.82, 2.24) is 4.90 Å². The minimum atomic E-state index is -0.447. The molecule has 0 fully saturated rings. The summed E-state index contributed by atoms with van der Waals surface area (Å²) in [4.78, 5) is 15.8. The van der Waals surface area contributed by atoms with Gasteiger partial charge >= 0.3 is 35.5 Å². The molecule has 1 aliphatic rings. The van der Waals surface area contributed by atoms with Gasteiger partial charge in [-0.1, -0.05) is 29.8 Å². The number of thiophene rings is 1. The number of rotatable bonds is 3. The first-order chi connectivity index (χ1) is 10.2. The number of hydrogen-bond acceptors (Lipinski definition) is 4. The molecule has 22 heavy (non-hydrogen) atoms. The molecule has 0 bridgehead atoms. The largest absolute Gasteiger partial charge is 1.00 e. The Bertz CT molecular complexity index is 667. The number of esters is 1. The molecule has 2 aromatic rings. The average Bonchev–Trinajstić information content (AvgIpc) is 2.97. The van der Waals surface area contributed by atoms with Crippen LogP contribution in [-0.2, 0) is 22.5 Å². The van der Waals surface area contributed by atoms with Crippen molar-refractivity contribution in [2.75, 3.05) is 13.7 Å². The molecule has 1 atom stereocenters. The number of fused-ring (bicyclic) bond motifs is 1. The van der Waals surface area contributed by atoms with Crippen LogP contribution in [0.25, 0.3) is 0 Å². The van der Waals surface area contributed by atoms with E-state index in [1.54, 1.807) is 11.3 Å². The number of benzene rings is 1. The zero-order valence-electron chi connectivity index (χ0n) is 13.7. The third-order valence-electron chi connectivity index (χ3n) is 3.83. The Morgan fingerprint density at radius 2 is 2.18 bits per heavy atom. The Balaban J connectivity index is 0.00000132. The Labute approximate surface area is 163 Å². The van der Waals surface area contributed by atoms with Crippen LogP contribution in [0.3, 0.4) is 0 Å². The first-order valence-electron chi connectivity index (χ1n) is 6.82. The number of carbonyl (C=O) groups is 1. The molecule has 112 valence electrons. The van der Waals surface area contributed by atoms with Gasteiger partial charge in [0.2, 0.25) is 0 Å². The second kappa shape index (κ2) is 7.95. The van der Waals surface area contributed by atoms with E-state index >= 15 is 0 Å². The zero-order chi connectivity index (χ0) is 14.8. The smallest absolute Gasteiger partial charge is 1.00 e. The van der Waals surface area contributed by atoms with Gasteiger partial charge in [0.15, 0.2) is 0 Å². The van der Waals surface area contributed by atoms with Gasteiger partial charge in [-0.15, -0.1) is 11.3 Å². The van der Waals surface area contributed by atoms with E-state index in [1.165, 1.54) is 17.6 Å². The van der Waals surface area contributed by atoms with Crippen molar-refractivity contribution in [3.05, 3.63) is 56.7 Å². The van der Waals surface area contributed by atoms with Gasteiger partial charge in [-0.25, -0.2) is 4.79 Å². The SMILES string of the molecule is COC(=O)C(c1ccccc1Cl)N1CCc2sccc2C1.[H-].[Na+]. The number of hydrogen-bond donors (Lipinski definition) is 0. The van der Waals surface area contributed by atoms with Crippen LogP contribution in [0.1, 0.15) is 23.5 Å². The molecule has 1 aromatic carbocycles. The Hall–Kier alpha value is -0.360. The van der Waals surface area contributed by atoms with Gasteiger partial charge in [0, 0.05) is 23.0 Å². The summed E-state index contributed by atoms with van der Waals surface area (Å²) in [5.74, 6) is -0.262. The van der Waals surface area contributed by atoms with E-state index < -0.39 is 6.04 Å². The molecule has 1 aromatic heterocycles. The molecule has 1 unspecified atom stereocenters. The van der Waals surface area contributed by atoms with Crippen molar-refractivity contribution in [2.24, 2.45) is 0 Å². The fraction of sp³-hybridized carbons (Fsp3) is 0.312. The molecule has 0 spiro atoms. The van der Waals surface area contributed by atoms with Gasteiger partial charge in [0.25, 0.3) is 0 Å². The monoisotopic (exact) mass is 345 g/mol. The van der Waals surface area contributed by atoms with Gasteiger partial charge in [-0.05, 0) is 35.1 Å². The minimum Gasteiger partial charge on any atom is -1.00 e. The van der Waals surface area contributed by atoms with Crippen LogP contribution >= 0.6 is 22.9 Å². The fourth-order valence-electron chi connectivity index (χ4n) is 2.77. The van der Waals surface area contributed by atoms with Gasteiger partial charge in [-0.3, -0.25) is 4.90 Å². The maximum Gasteiger partial charge on any atom is 1.00 e. The summed E-state index contributed by atoms with van der Waals surface area (Å²) in [6, 6.07) is 9.16. The predicted octanol–water partition coefficient (Wildman–Crippen LogP) is 0.790. The zero-order valence-corrected chi connectivity index (χ0v) is 16.3. The van der Waals surface area contributed by atoms with Crippen molar-refractivity contribution in [2.45, 2.75) is 19.0 Å². The molecule has 3 rings (SSSR count). The summed E-state index contributed by atoms with van der Waals surface area (Å²) in [6.45, 7) is 1.59. The van der Waals surface area contributed by atoms with Crippen molar-refractivity contribution in [1.29, 1.82) is 0 Å². The molecule has 0 saturated heterocycles. The molecule has 6 heteroatoms. The molecule has 0 radical (unpaired) electrons. The normalized spacial score (nSPS) is 15.5. The van der Waals surface area contributed by atoms with Crippen LogP contribution in [0.5, 0.6) is 0 Å². The van der Waals surface area contributed by atoms with Crippen molar-refractivity contribution >= 4 is 28.9 Å². The first-order valence-corrected chi connectivity index (χ1v) is 8.08. The standard InChI is InChI=1S/C16H16ClNO2S.Na.H/c1-20-16(19)15(12-4-2-3-5-13(12)17)18-8-6-14-11(10-18)7-9-21-14;;/h2-5,7,9,15H,6,8,10H2,1H3;;/q;+1;-1. The van der Waals surface area contributed by atoms with E-state index in [1.807, 2.05) is 24.3 Å². The molecular weight excluding hydrogens is 329 g/mol. The molecule has 0 aliphatic carbocycles. The van der Waals surface area contributed by atoms with Gasteiger partial charge in [0.05, 0.1) is 7.11 Å². The second-order valence-corrected chi connectivity index (χ2v) is 6.44. The summed E-state index contributed by atoms with van der Waals surface area (Å²) in [5, 5.41) is 2.71. The van der Waals surface area contributed by atoms with E-state index in [0.29, 0.717) is 5.02 Å². The molecular formula is C16H17ClNNaO2S. The summed E-state index contributed by atoms with van der Waals surface area (Å²) in [6.07, 6.45) is 0.963. The third kappa shape index (κ3) is 3.58. The predicted molar refractivity (Wildman–Crippen MR) is 85.8 cm³/mol. The second-order valence-electron chi connectivity index (χ2n) is 5.04. The number of methoxy groups -OCH3 is 1. The number of carbonyl (C=O) groups excluding carboxylic acids is 1. The van der Waals surface area contributed by atoms with Crippen molar-refractivity contribution in [3.8, 4) is 0 Å². The van der Waals surface area contributed by atoms with Crippen LogP contribution in [0, 0.1) is 0 Å². The summed E-state index contributed by atoms with van der Waals surface area (Å²) in [5.41, 5.74) is 2.11. The van der Waals surface area contributed by atoms with E-state index in [2.05, 4.69) is 16.3 Å². The van der Waals surface area contributed by atoms with Crippen LogP contribution in [0.15, 0.2) is 35.7 Å². The minimum absolute atomic E-state index is 0. The molecule has 0 N–H and O–H groups in total. The average molecular weight is 346 g/mol. The molecule has 1 aliphatic heterocycles. The first kappa shape index (κ1) is 18.0. The van der Waals surface area contributed by atoms with Crippen molar-refractivity contribution in [3.63, 3.8) is 0 Å². The molecule has 0 amide bonds. The molecule has 2 heterocycles. The molecule has 3 nitrogen and oxygen atoms in total. The van der Waals surface area contributed by atoms with Crippen molar-refractivity contribution < 1.29 is 40.5 Å². The fourth-order valence-corrected chi connectivity index (χ4v) is 3.90.